The minimum atomic E-state index is -0.459. The van der Waals surface area contributed by atoms with Gasteiger partial charge >= 0.3 is 0 Å². The van der Waals surface area contributed by atoms with Gasteiger partial charge in [0.25, 0.3) is 0 Å². The largest absolute Gasteiger partial charge is 0.390 e. The lowest BCUT2D eigenvalue weighted by atomic mass is 9.98. The van der Waals surface area contributed by atoms with E-state index in [4.69, 9.17) is 11.6 Å². The van der Waals surface area contributed by atoms with Crippen LogP contribution in [0.5, 0.6) is 0 Å². The highest BCUT2D eigenvalue weighted by atomic mass is 35.5. The molecule has 0 aromatic rings. The fraction of sp³-hybridized carbons (Fsp3) is 0.800. The zero-order chi connectivity index (χ0) is 9.73. The van der Waals surface area contributed by atoms with Gasteiger partial charge in [0, 0.05) is 18.6 Å². The standard InChI is InChI=1S/C10H18ClNO/c1-10(13)4-2-7-12(9-5-10)8-3-6-11/h3,6,13H,2,4-5,7-9H2,1H3/b6-3+. The third-order valence-corrected chi connectivity index (χ3v) is 2.79. The molecule has 76 valence electrons. The Labute approximate surface area is 85.2 Å². The predicted molar refractivity (Wildman–Crippen MR) is 55.9 cm³/mol. The minimum Gasteiger partial charge on any atom is -0.390 e. The van der Waals surface area contributed by atoms with Crippen molar-refractivity contribution in [3.8, 4) is 0 Å². The Kier molecular flexibility index (Phi) is 4.23. The molecule has 1 rings (SSSR count). The lowest BCUT2D eigenvalue weighted by molar-refractivity contribution is 0.0450. The normalized spacial score (nSPS) is 32.2. The summed E-state index contributed by atoms with van der Waals surface area (Å²) in [6.45, 7) is 4.86. The first kappa shape index (κ1) is 11.0. The topological polar surface area (TPSA) is 23.5 Å². The fourth-order valence-electron chi connectivity index (χ4n) is 1.69. The summed E-state index contributed by atoms with van der Waals surface area (Å²) in [5, 5.41) is 9.83. The van der Waals surface area contributed by atoms with E-state index in [9.17, 15) is 5.11 Å². The second-order valence-corrected chi connectivity index (χ2v) is 4.26. The van der Waals surface area contributed by atoms with E-state index in [1.807, 2.05) is 13.0 Å². The summed E-state index contributed by atoms with van der Waals surface area (Å²) in [5.74, 6) is 0. The highest BCUT2D eigenvalue weighted by Crippen LogP contribution is 2.20. The quantitative estimate of drug-likeness (QED) is 0.742. The molecule has 0 amide bonds. The van der Waals surface area contributed by atoms with Crippen molar-refractivity contribution in [1.82, 2.24) is 4.90 Å². The molecule has 2 nitrogen and oxygen atoms in total. The van der Waals surface area contributed by atoms with Gasteiger partial charge in [-0.2, -0.15) is 0 Å². The van der Waals surface area contributed by atoms with Crippen LogP contribution in [0.4, 0.5) is 0 Å². The molecule has 1 unspecified atom stereocenters. The summed E-state index contributed by atoms with van der Waals surface area (Å²) >= 11 is 5.46. The maximum absolute atomic E-state index is 9.83. The summed E-state index contributed by atoms with van der Waals surface area (Å²) in [6, 6.07) is 0. The van der Waals surface area contributed by atoms with Crippen molar-refractivity contribution >= 4 is 11.6 Å². The van der Waals surface area contributed by atoms with Crippen molar-refractivity contribution < 1.29 is 5.11 Å². The van der Waals surface area contributed by atoms with E-state index in [0.717, 1.165) is 38.9 Å². The fourth-order valence-corrected chi connectivity index (χ4v) is 1.77. The molecule has 0 aliphatic carbocycles. The van der Waals surface area contributed by atoms with E-state index >= 15 is 0 Å². The Morgan fingerprint density at radius 1 is 1.46 bits per heavy atom. The van der Waals surface area contributed by atoms with Crippen LogP contribution in [-0.4, -0.2) is 35.2 Å². The average Bonchev–Trinajstić information content (AvgIpc) is 2.23. The first-order valence-corrected chi connectivity index (χ1v) is 5.28. The molecule has 13 heavy (non-hydrogen) atoms. The van der Waals surface area contributed by atoms with Crippen LogP contribution in [0.25, 0.3) is 0 Å². The van der Waals surface area contributed by atoms with E-state index in [0.29, 0.717) is 0 Å². The van der Waals surface area contributed by atoms with Gasteiger partial charge in [0.15, 0.2) is 0 Å². The van der Waals surface area contributed by atoms with Crippen LogP contribution in [0.1, 0.15) is 26.2 Å². The molecule has 0 aromatic carbocycles. The van der Waals surface area contributed by atoms with Crippen LogP contribution in [0.3, 0.4) is 0 Å². The number of likely N-dealkylation sites (tertiary alicyclic amines) is 1. The average molecular weight is 204 g/mol. The van der Waals surface area contributed by atoms with Crippen LogP contribution >= 0.6 is 11.6 Å². The predicted octanol–water partition coefficient (Wildman–Crippen LogP) is 1.98. The number of nitrogens with zero attached hydrogens (tertiary/aromatic N) is 1. The zero-order valence-electron chi connectivity index (χ0n) is 8.17. The molecule has 0 radical (unpaired) electrons. The zero-order valence-corrected chi connectivity index (χ0v) is 8.93. The number of aliphatic hydroxyl groups is 1. The highest BCUT2D eigenvalue weighted by molar-refractivity contribution is 6.25. The summed E-state index contributed by atoms with van der Waals surface area (Å²) < 4.78 is 0. The Morgan fingerprint density at radius 3 is 2.92 bits per heavy atom. The molecule has 3 heteroatoms. The van der Waals surface area contributed by atoms with Gasteiger partial charge in [-0.05, 0) is 32.7 Å². The van der Waals surface area contributed by atoms with E-state index in [2.05, 4.69) is 4.90 Å². The first-order valence-electron chi connectivity index (χ1n) is 4.84. The Bertz CT molecular complexity index is 180. The highest BCUT2D eigenvalue weighted by Gasteiger charge is 2.24. The van der Waals surface area contributed by atoms with Gasteiger partial charge in [0.05, 0.1) is 5.60 Å². The Hall–Kier alpha value is -0.0500. The molecular formula is C10H18ClNO. The molecule has 1 aliphatic rings. The van der Waals surface area contributed by atoms with Crippen LogP contribution < -0.4 is 0 Å². The summed E-state index contributed by atoms with van der Waals surface area (Å²) in [4.78, 5) is 2.32. The third kappa shape index (κ3) is 4.12. The van der Waals surface area contributed by atoms with Gasteiger partial charge in [-0.15, -0.1) is 0 Å². The molecule has 1 saturated heterocycles. The maximum Gasteiger partial charge on any atom is 0.0632 e. The third-order valence-electron chi connectivity index (χ3n) is 2.61. The summed E-state index contributed by atoms with van der Waals surface area (Å²) in [6.07, 6.45) is 4.79. The Balaban J connectivity index is 2.36. The number of hydrogen-bond donors (Lipinski definition) is 1. The van der Waals surface area contributed by atoms with Crippen molar-refractivity contribution in [2.75, 3.05) is 19.6 Å². The molecule has 1 N–H and O–H groups in total. The lowest BCUT2D eigenvalue weighted by Gasteiger charge is -2.21. The van der Waals surface area contributed by atoms with Crippen LogP contribution in [0, 0.1) is 0 Å². The van der Waals surface area contributed by atoms with E-state index in [1.54, 1.807) is 5.54 Å². The monoisotopic (exact) mass is 203 g/mol. The van der Waals surface area contributed by atoms with Crippen molar-refractivity contribution in [2.24, 2.45) is 0 Å². The van der Waals surface area contributed by atoms with Gasteiger partial charge in [0.1, 0.15) is 0 Å². The van der Waals surface area contributed by atoms with Crippen molar-refractivity contribution in [3.05, 3.63) is 11.6 Å². The Morgan fingerprint density at radius 2 is 2.23 bits per heavy atom. The lowest BCUT2D eigenvalue weighted by Crippen LogP contribution is -2.28. The molecule has 1 aliphatic heterocycles. The second-order valence-electron chi connectivity index (χ2n) is 4.01. The maximum atomic E-state index is 9.83. The molecule has 0 aromatic heterocycles. The van der Waals surface area contributed by atoms with Gasteiger partial charge in [0.2, 0.25) is 0 Å². The van der Waals surface area contributed by atoms with E-state index in [-0.39, 0.29) is 0 Å². The number of hydrogen-bond acceptors (Lipinski definition) is 2. The molecular weight excluding hydrogens is 186 g/mol. The van der Waals surface area contributed by atoms with Crippen LogP contribution in [-0.2, 0) is 0 Å². The molecule has 0 saturated carbocycles. The molecule has 0 bridgehead atoms. The van der Waals surface area contributed by atoms with E-state index < -0.39 is 5.60 Å². The SMILES string of the molecule is CC1(O)CCCN(C/C=C/Cl)CC1. The number of halogens is 1. The van der Waals surface area contributed by atoms with Crippen LogP contribution in [0.2, 0.25) is 0 Å². The van der Waals surface area contributed by atoms with Gasteiger partial charge in [-0.25, -0.2) is 0 Å². The summed E-state index contributed by atoms with van der Waals surface area (Å²) in [7, 11) is 0. The molecule has 1 atom stereocenters. The minimum absolute atomic E-state index is 0.459. The van der Waals surface area contributed by atoms with Gasteiger partial charge in [-0.1, -0.05) is 17.7 Å². The van der Waals surface area contributed by atoms with Crippen LogP contribution in [0.15, 0.2) is 11.6 Å². The van der Waals surface area contributed by atoms with Crippen molar-refractivity contribution in [2.45, 2.75) is 31.8 Å². The molecule has 1 heterocycles. The van der Waals surface area contributed by atoms with Crippen molar-refractivity contribution in [3.63, 3.8) is 0 Å². The van der Waals surface area contributed by atoms with Crippen molar-refractivity contribution in [1.29, 1.82) is 0 Å². The first-order chi connectivity index (χ1) is 6.14. The van der Waals surface area contributed by atoms with E-state index in [1.165, 1.54) is 0 Å². The molecule has 1 fully saturated rings. The number of rotatable bonds is 2. The molecule has 0 spiro atoms. The van der Waals surface area contributed by atoms with Gasteiger partial charge in [-0.3, -0.25) is 4.90 Å². The summed E-state index contributed by atoms with van der Waals surface area (Å²) in [5.41, 5.74) is 1.10. The second kappa shape index (κ2) is 4.99. The smallest absolute Gasteiger partial charge is 0.0632 e. The van der Waals surface area contributed by atoms with Gasteiger partial charge < -0.3 is 5.11 Å².